The average molecular weight is 272 g/mol. The molecule has 0 saturated heterocycles. The van der Waals surface area contributed by atoms with Crippen molar-refractivity contribution in [3.8, 4) is 0 Å². The lowest BCUT2D eigenvalue weighted by Gasteiger charge is -2.00. The molecule has 0 aliphatic heterocycles. The predicted molar refractivity (Wildman–Crippen MR) is 73.3 cm³/mol. The van der Waals surface area contributed by atoms with E-state index in [1.165, 1.54) is 4.80 Å². The third-order valence-corrected chi connectivity index (χ3v) is 3.03. The second kappa shape index (κ2) is 4.82. The van der Waals surface area contributed by atoms with E-state index >= 15 is 0 Å². The molecule has 4 nitrogen and oxygen atoms in total. The van der Waals surface area contributed by atoms with Crippen molar-refractivity contribution in [3.63, 3.8) is 0 Å². The van der Waals surface area contributed by atoms with Crippen LogP contribution in [0, 0.1) is 0 Å². The first-order chi connectivity index (χ1) is 9.22. The highest BCUT2D eigenvalue weighted by molar-refractivity contribution is 6.30. The maximum atomic E-state index is 12.1. The molecule has 0 spiro atoms. The Kier molecular flexibility index (Phi) is 3.01. The molecule has 2 aromatic carbocycles. The van der Waals surface area contributed by atoms with Gasteiger partial charge in [0.1, 0.15) is 17.6 Å². The van der Waals surface area contributed by atoms with E-state index in [2.05, 4.69) is 10.2 Å². The topological polar surface area (TPSA) is 47.8 Å². The molecule has 0 radical (unpaired) electrons. The van der Waals surface area contributed by atoms with Gasteiger partial charge in [-0.1, -0.05) is 23.7 Å². The highest BCUT2D eigenvalue weighted by Gasteiger charge is 2.09. The van der Waals surface area contributed by atoms with Crippen LogP contribution in [-0.2, 0) is 6.54 Å². The fourth-order valence-corrected chi connectivity index (χ4v) is 1.96. The van der Waals surface area contributed by atoms with Crippen molar-refractivity contribution >= 4 is 28.4 Å². The van der Waals surface area contributed by atoms with E-state index in [-0.39, 0.29) is 12.3 Å². The minimum atomic E-state index is -0.0445. The van der Waals surface area contributed by atoms with Crippen LogP contribution < -0.4 is 0 Å². The van der Waals surface area contributed by atoms with Gasteiger partial charge in [-0.3, -0.25) is 4.79 Å². The highest BCUT2D eigenvalue weighted by atomic mass is 35.5. The van der Waals surface area contributed by atoms with Gasteiger partial charge in [-0.2, -0.15) is 15.0 Å². The summed E-state index contributed by atoms with van der Waals surface area (Å²) in [7, 11) is 0. The molecule has 3 aromatic rings. The third kappa shape index (κ3) is 2.48. The lowest BCUT2D eigenvalue weighted by atomic mass is 10.1. The van der Waals surface area contributed by atoms with E-state index < -0.39 is 0 Å². The van der Waals surface area contributed by atoms with E-state index in [1.54, 1.807) is 24.3 Å². The zero-order valence-corrected chi connectivity index (χ0v) is 10.7. The van der Waals surface area contributed by atoms with Gasteiger partial charge in [0.05, 0.1) is 0 Å². The number of hydrogen-bond acceptors (Lipinski definition) is 3. The Labute approximate surface area is 114 Å². The molecule has 5 heteroatoms. The van der Waals surface area contributed by atoms with E-state index in [0.717, 1.165) is 11.0 Å². The fraction of sp³-hybridized carbons (Fsp3) is 0.0714. The number of carbonyl (C=O) groups excluding carboxylic acids is 1. The van der Waals surface area contributed by atoms with Crippen molar-refractivity contribution in [2.24, 2.45) is 0 Å². The number of carbonyl (C=O) groups is 1. The molecule has 0 unspecified atom stereocenters. The maximum absolute atomic E-state index is 12.1. The smallest absolute Gasteiger partial charge is 0.186 e. The number of aromatic nitrogens is 3. The van der Waals surface area contributed by atoms with Crippen molar-refractivity contribution in [2.45, 2.75) is 6.54 Å². The van der Waals surface area contributed by atoms with E-state index in [4.69, 9.17) is 11.6 Å². The van der Waals surface area contributed by atoms with Gasteiger partial charge in [0, 0.05) is 10.6 Å². The lowest BCUT2D eigenvalue weighted by Crippen LogP contribution is -2.12. The molecule has 19 heavy (non-hydrogen) atoms. The lowest BCUT2D eigenvalue weighted by molar-refractivity contribution is 0.0962. The van der Waals surface area contributed by atoms with E-state index in [1.807, 2.05) is 24.3 Å². The van der Waals surface area contributed by atoms with Gasteiger partial charge in [0.15, 0.2) is 5.78 Å². The Morgan fingerprint density at radius 2 is 1.58 bits per heavy atom. The van der Waals surface area contributed by atoms with Gasteiger partial charge in [-0.05, 0) is 36.4 Å². The van der Waals surface area contributed by atoms with Crippen molar-refractivity contribution in [1.29, 1.82) is 0 Å². The van der Waals surface area contributed by atoms with Gasteiger partial charge in [-0.15, -0.1) is 0 Å². The molecule has 94 valence electrons. The minimum Gasteiger partial charge on any atom is -0.292 e. The summed E-state index contributed by atoms with van der Waals surface area (Å²) < 4.78 is 0. The SMILES string of the molecule is O=C(Cn1nc2ccccc2n1)c1ccc(Cl)cc1. The normalized spacial score (nSPS) is 10.8. The quantitative estimate of drug-likeness (QED) is 0.688. The first-order valence-electron chi connectivity index (χ1n) is 5.81. The second-order valence-electron chi connectivity index (χ2n) is 4.15. The Morgan fingerprint density at radius 3 is 2.16 bits per heavy atom. The summed E-state index contributed by atoms with van der Waals surface area (Å²) in [5.41, 5.74) is 2.17. The number of fused-ring (bicyclic) bond motifs is 1. The molecule has 0 saturated carbocycles. The number of Topliss-reactive ketones (excluding diaryl/α,β-unsaturated/α-hetero) is 1. The van der Waals surface area contributed by atoms with Crippen LogP contribution in [0.4, 0.5) is 0 Å². The van der Waals surface area contributed by atoms with Crippen LogP contribution in [0.15, 0.2) is 48.5 Å². The maximum Gasteiger partial charge on any atom is 0.186 e. The van der Waals surface area contributed by atoms with Crippen LogP contribution in [0.5, 0.6) is 0 Å². The van der Waals surface area contributed by atoms with Crippen LogP contribution >= 0.6 is 11.6 Å². The molecule has 0 N–H and O–H groups in total. The summed E-state index contributed by atoms with van der Waals surface area (Å²) in [5, 5.41) is 9.12. The monoisotopic (exact) mass is 271 g/mol. The molecule has 3 rings (SSSR count). The zero-order valence-electron chi connectivity index (χ0n) is 9.95. The average Bonchev–Trinajstić information content (AvgIpc) is 2.81. The number of benzene rings is 2. The van der Waals surface area contributed by atoms with Crippen molar-refractivity contribution < 1.29 is 4.79 Å². The van der Waals surface area contributed by atoms with Crippen LogP contribution in [0.2, 0.25) is 5.02 Å². The fourth-order valence-electron chi connectivity index (χ4n) is 1.83. The molecule has 0 aliphatic rings. The van der Waals surface area contributed by atoms with E-state index in [9.17, 15) is 4.79 Å². The largest absolute Gasteiger partial charge is 0.292 e. The first-order valence-corrected chi connectivity index (χ1v) is 6.19. The summed E-state index contributed by atoms with van der Waals surface area (Å²) in [6, 6.07) is 14.3. The Morgan fingerprint density at radius 1 is 1.00 bits per heavy atom. The molecule has 0 atom stereocenters. The molecular formula is C14H10ClN3O. The van der Waals surface area contributed by atoms with Gasteiger partial charge >= 0.3 is 0 Å². The first kappa shape index (κ1) is 11.9. The van der Waals surface area contributed by atoms with Crippen LogP contribution in [0.1, 0.15) is 10.4 Å². The van der Waals surface area contributed by atoms with E-state index in [0.29, 0.717) is 10.6 Å². The number of nitrogens with zero attached hydrogens (tertiary/aromatic N) is 3. The summed E-state index contributed by atoms with van der Waals surface area (Å²) in [6.45, 7) is 0.121. The highest BCUT2D eigenvalue weighted by Crippen LogP contribution is 2.11. The Balaban J connectivity index is 1.84. The van der Waals surface area contributed by atoms with Crippen LogP contribution in [0.25, 0.3) is 11.0 Å². The third-order valence-electron chi connectivity index (χ3n) is 2.78. The standard InChI is InChI=1S/C14H10ClN3O/c15-11-7-5-10(6-8-11)14(19)9-18-16-12-3-1-2-4-13(12)17-18/h1-8H,9H2. The van der Waals surface area contributed by atoms with Crippen molar-refractivity contribution in [3.05, 3.63) is 59.1 Å². The van der Waals surface area contributed by atoms with Gasteiger partial charge < -0.3 is 0 Å². The molecule has 1 aromatic heterocycles. The number of rotatable bonds is 3. The van der Waals surface area contributed by atoms with Gasteiger partial charge in [0.25, 0.3) is 0 Å². The van der Waals surface area contributed by atoms with Crippen molar-refractivity contribution in [2.75, 3.05) is 0 Å². The number of halogens is 1. The second-order valence-corrected chi connectivity index (χ2v) is 4.59. The van der Waals surface area contributed by atoms with Crippen LogP contribution in [0.3, 0.4) is 0 Å². The molecular weight excluding hydrogens is 262 g/mol. The summed E-state index contributed by atoms with van der Waals surface area (Å²) >= 11 is 5.79. The van der Waals surface area contributed by atoms with Crippen molar-refractivity contribution in [1.82, 2.24) is 15.0 Å². The molecule has 1 heterocycles. The molecule has 0 fully saturated rings. The van der Waals surface area contributed by atoms with Gasteiger partial charge in [0.2, 0.25) is 0 Å². The Bertz CT molecular complexity index is 701. The number of hydrogen-bond donors (Lipinski definition) is 0. The predicted octanol–water partition coefficient (Wildman–Crippen LogP) is 2.97. The zero-order chi connectivity index (χ0) is 13.2. The number of ketones is 1. The molecule has 0 bridgehead atoms. The summed E-state index contributed by atoms with van der Waals surface area (Å²) in [5.74, 6) is -0.0445. The summed E-state index contributed by atoms with van der Waals surface area (Å²) in [4.78, 5) is 13.5. The Hall–Kier alpha value is -2.20. The van der Waals surface area contributed by atoms with Crippen LogP contribution in [-0.4, -0.2) is 20.8 Å². The molecule has 0 aliphatic carbocycles. The minimum absolute atomic E-state index is 0.0445. The summed E-state index contributed by atoms with van der Waals surface area (Å²) in [6.07, 6.45) is 0. The molecule has 0 amide bonds. The van der Waals surface area contributed by atoms with Gasteiger partial charge in [-0.25, -0.2) is 0 Å².